The van der Waals surface area contributed by atoms with Crippen molar-refractivity contribution in [2.75, 3.05) is 26.2 Å². The molecular formula is C15H28N4O. The lowest BCUT2D eigenvalue weighted by atomic mass is 10.1. The number of rotatable bonds is 8. The Balaban J connectivity index is 4.15. The molecule has 0 rings (SSSR count). The molecule has 0 unspecified atom stereocenters. The normalized spacial score (nSPS) is 12.2. The number of nitriles is 1. The summed E-state index contributed by atoms with van der Waals surface area (Å²) < 4.78 is 0. The van der Waals surface area contributed by atoms with Crippen molar-refractivity contribution >= 4 is 5.91 Å². The third-order valence-corrected chi connectivity index (χ3v) is 2.79. The summed E-state index contributed by atoms with van der Waals surface area (Å²) in [6.07, 6.45) is 2.49. The Hall–Kier alpha value is -1.54. The van der Waals surface area contributed by atoms with Crippen LogP contribution in [0.5, 0.6) is 0 Å². The van der Waals surface area contributed by atoms with E-state index in [9.17, 15) is 4.79 Å². The fourth-order valence-electron chi connectivity index (χ4n) is 1.68. The minimum absolute atomic E-state index is 0.114. The first-order valence-corrected chi connectivity index (χ1v) is 7.22. The van der Waals surface area contributed by atoms with Gasteiger partial charge in [-0.25, -0.2) is 0 Å². The van der Waals surface area contributed by atoms with Gasteiger partial charge in [0.2, 0.25) is 0 Å². The van der Waals surface area contributed by atoms with Crippen molar-refractivity contribution in [3.05, 3.63) is 11.8 Å². The average Bonchev–Trinajstić information content (AvgIpc) is 2.36. The topological polar surface area (TPSA) is 68.2 Å². The predicted molar refractivity (Wildman–Crippen MR) is 82.0 cm³/mol. The number of nitrogens with one attached hydrogen (secondary N) is 2. The zero-order chi connectivity index (χ0) is 15.6. The second-order valence-corrected chi connectivity index (χ2v) is 5.71. The zero-order valence-corrected chi connectivity index (χ0v) is 13.4. The fourth-order valence-corrected chi connectivity index (χ4v) is 1.68. The summed E-state index contributed by atoms with van der Waals surface area (Å²) in [5, 5.41) is 14.8. The zero-order valence-electron chi connectivity index (χ0n) is 13.4. The first kappa shape index (κ1) is 18.5. The van der Waals surface area contributed by atoms with Crippen LogP contribution < -0.4 is 10.6 Å². The third kappa shape index (κ3) is 8.54. The standard InChI is InChI=1S/C15H28N4O/c1-6-19(7-2)10-8-9-17-12-13(11-16)14(20)18-15(3,4)5/h12,17H,6-10H2,1-5H3,(H,18,20)/b13-12-. The monoisotopic (exact) mass is 280 g/mol. The maximum atomic E-state index is 11.8. The number of carbonyl (C=O) groups is 1. The molecular weight excluding hydrogens is 252 g/mol. The molecule has 20 heavy (non-hydrogen) atoms. The van der Waals surface area contributed by atoms with Crippen molar-refractivity contribution in [2.45, 2.75) is 46.6 Å². The highest BCUT2D eigenvalue weighted by Crippen LogP contribution is 2.01. The highest BCUT2D eigenvalue weighted by Gasteiger charge is 2.16. The maximum Gasteiger partial charge on any atom is 0.263 e. The predicted octanol–water partition coefficient (Wildman–Crippen LogP) is 1.63. The molecule has 0 saturated carbocycles. The fraction of sp³-hybridized carbons (Fsp3) is 0.733. The van der Waals surface area contributed by atoms with Crippen molar-refractivity contribution in [3.8, 4) is 6.07 Å². The van der Waals surface area contributed by atoms with E-state index < -0.39 is 0 Å². The van der Waals surface area contributed by atoms with Crippen LogP contribution in [0, 0.1) is 11.3 Å². The van der Waals surface area contributed by atoms with Gasteiger partial charge < -0.3 is 15.5 Å². The molecule has 0 saturated heterocycles. The molecule has 0 aromatic rings. The number of hydrogen-bond donors (Lipinski definition) is 2. The highest BCUT2D eigenvalue weighted by molar-refractivity contribution is 5.97. The first-order valence-electron chi connectivity index (χ1n) is 7.22. The van der Waals surface area contributed by atoms with E-state index in [2.05, 4.69) is 29.4 Å². The van der Waals surface area contributed by atoms with Gasteiger partial charge in [-0.15, -0.1) is 0 Å². The van der Waals surface area contributed by atoms with E-state index in [4.69, 9.17) is 5.26 Å². The summed E-state index contributed by atoms with van der Waals surface area (Å²) in [6.45, 7) is 13.8. The highest BCUT2D eigenvalue weighted by atomic mass is 16.1. The quantitative estimate of drug-likeness (QED) is 0.403. The molecule has 0 bridgehead atoms. The van der Waals surface area contributed by atoms with E-state index in [0.29, 0.717) is 0 Å². The molecule has 0 aliphatic carbocycles. The van der Waals surface area contributed by atoms with Gasteiger partial charge in [0.1, 0.15) is 11.6 Å². The van der Waals surface area contributed by atoms with E-state index in [-0.39, 0.29) is 17.0 Å². The molecule has 2 N–H and O–H groups in total. The number of amides is 1. The van der Waals surface area contributed by atoms with Gasteiger partial charge in [0.15, 0.2) is 0 Å². The molecule has 0 spiro atoms. The van der Waals surface area contributed by atoms with Gasteiger partial charge in [0.05, 0.1) is 0 Å². The molecule has 114 valence electrons. The van der Waals surface area contributed by atoms with Crippen LogP contribution in [-0.4, -0.2) is 42.5 Å². The van der Waals surface area contributed by atoms with E-state index in [1.54, 1.807) is 0 Å². The van der Waals surface area contributed by atoms with Crippen LogP contribution in [-0.2, 0) is 4.79 Å². The number of carbonyl (C=O) groups excluding carboxylic acids is 1. The summed E-state index contributed by atoms with van der Waals surface area (Å²) in [5.74, 6) is -0.337. The van der Waals surface area contributed by atoms with E-state index in [0.717, 1.165) is 32.6 Å². The minimum Gasteiger partial charge on any atom is -0.390 e. The van der Waals surface area contributed by atoms with Crippen molar-refractivity contribution in [2.24, 2.45) is 0 Å². The van der Waals surface area contributed by atoms with Crippen LogP contribution in [0.25, 0.3) is 0 Å². The summed E-state index contributed by atoms with van der Waals surface area (Å²) >= 11 is 0. The van der Waals surface area contributed by atoms with Crippen molar-refractivity contribution < 1.29 is 4.79 Å². The lowest BCUT2D eigenvalue weighted by Crippen LogP contribution is -2.41. The summed E-state index contributed by atoms with van der Waals surface area (Å²) in [5.41, 5.74) is -0.224. The third-order valence-electron chi connectivity index (χ3n) is 2.79. The van der Waals surface area contributed by atoms with Crippen molar-refractivity contribution in [1.29, 1.82) is 5.26 Å². The smallest absolute Gasteiger partial charge is 0.263 e. The van der Waals surface area contributed by atoms with Gasteiger partial charge in [0.25, 0.3) is 5.91 Å². The van der Waals surface area contributed by atoms with Gasteiger partial charge in [-0.3, -0.25) is 4.79 Å². The number of hydrogen-bond acceptors (Lipinski definition) is 4. The van der Waals surface area contributed by atoms with Crippen LogP contribution >= 0.6 is 0 Å². The van der Waals surface area contributed by atoms with Crippen molar-refractivity contribution in [1.82, 2.24) is 15.5 Å². The summed E-state index contributed by atoms with van der Waals surface area (Å²) in [6, 6.07) is 1.92. The molecule has 5 heteroatoms. The van der Waals surface area contributed by atoms with E-state index in [1.165, 1.54) is 6.20 Å². The molecule has 0 fully saturated rings. The Labute approximate surface area is 123 Å². The lowest BCUT2D eigenvalue weighted by molar-refractivity contribution is -0.118. The molecule has 0 aliphatic heterocycles. The molecule has 0 aliphatic rings. The molecule has 1 amide bonds. The number of nitrogens with zero attached hydrogens (tertiary/aromatic N) is 2. The van der Waals surface area contributed by atoms with Gasteiger partial charge in [-0.05, 0) is 46.8 Å². The molecule has 0 heterocycles. The molecule has 0 radical (unpaired) electrons. The second-order valence-electron chi connectivity index (χ2n) is 5.71. The maximum absolute atomic E-state index is 11.8. The second kappa shape index (κ2) is 9.38. The van der Waals surface area contributed by atoms with Crippen LogP contribution in [0.15, 0.2) is 11.8 Å². The first-order chi connectivity index (χ1) is 9.34. The lowest BCUT2D eigenvalue weighted by Gasteiger charge is -2.20. The molecule has 0 aromatic carbocycles. The van der Waals surface area contributed by atoms with Crippen LogP contribution in [0.1, 0.15) is 41.0 Å². The molecule has 5 nitrogen and oxygen atoms in total. The van der Waals surface area contributed by atoms with Gasteiger partial charge in [0, 0.05) is 18.3 Å². The Morgan fingerprint density at radius 1 is 1.30 bits per heavy atom. The average molecular weight is 280 g/mol. The van der Waals surface area contributed by atoms with E-state index >= 15 is 0 Å². The Morgan fingerprint density at radius 3 is 2.35 bits per heavy atom. The molecule has 0 aromatic heterocycles. The SMILES string of the molecule is CCN(CC)CCCN/C=C(/C#N)C(=O)NC(C)(C)C. The summed E-state index contributed by atoms with van der Waals surface area (Å²) in [4.78, 5) is 14.1. The van der Waals surface area contributed by atoms with Crippen LogP contribution in [0.2, 0.25) is 0 Å². The Kier molecular flexibility index (Phi) is 8.66. The van der Waals surface area contributed by atoms with Gasteiger partial charge >= 0.3 is 0 Å². The Morgan fingerprint density at radius 2 is 1.90 bits per heavy atom. The van der Waals surface area contributed by atoms with Crippen LogP contribution in [0.4, 0.5) is 0 Å². The Bertz CT molecular complexity index is 359. The summed E-state index contributed by atoms with van der Waals surface area (Å²) in [7, 11) is 0. The van der Waals surface area contributed by atoms with Crippen LogP contribution in [0.3, 0.4) is 0 Å². The minimum atomic E-state index is -0.338. The van der Waals surface area contributed by atoms with E-state index in [1.807, 2.05) is 26.8 Å². The van der Waals surface area contributed by atoms with Crippen molar-refractivity contribution in [3.63, 3.8) is 0 Å². The van der Waals surface area contributed by atoms with Gasteiger partial charge in [-0.2, -0.15) is 5.26 Å². The van der Waals surface area contributed by atoms with Gasteiger partial charge in [-0.1, -0.05) is 13.8 Å². The largest absolute Gasteiger partial charge is 0.390 e. The molecule has 0 atom stereocenters.